The van der Waals surface area contributed by atoms with Gasteiger partial charge < -0.3 is 9.64 Å². The van der Waals surface area contributed by atoms with Gasteiger partial charge >= 0.3 is 5.97 Å². The van der Waals surface area contributed by atoms with Crippen LogP contribution in [0.2, 0.25) is 0 Å². The lowest BCUT2D eigenvalue weighted by molar-refractivity contribution is -0.153. The molecular weight excluding hydrogens is 240 g/mol. The number of nitrogens with zero attached hydrogens (tertiary/aromatic N) is 1. The Morgan fingerprint density at radius 1 is 1.37 bits per heavy atom. The Morgan fingerprint density at radius 2 is 2.00 bits per heavy atom. The monoisotopic (exact) mass is 268 g/mol. The van der Waals surface area contributed by atoms with Gasteiger partial charge in [0.25, 0.3) is 0 Å². The summed E-state index contributed by atoms with van der Waals surface area (Å²) >= 11 is 0. The van der Waals surface area contributed by atoms with Gasteiger partial charge in [-0.15, -0.1) is 0 Å². The quantitative estimate of drug-likeness (QED) is 0.746. The number of hydrogen-bond acceptors (Lipinski definition) is 4. The molecule has 0 aromatic heterocycles. The zero-order valence-electron chi connectivity index (χ0n) is 12.6. The molecule has 0 spiro atoms. The molecule has 2 rings (SSSR count). The summed E-state index contributed by atoms with van der Waals surface area (Å²) < 4.78 is 5.31. The van der Waals surface area contributed by atoms with E-state index in [9.17, 15) is 4.79 Å². The molecule has 4 heteroatoms. The molecule has 1 saturated heterocycles. The topological polar surface area (TPSA) is 41.6 Å². The molecule has 0 atom stereocenters. The zero-order chi connectivity index (χ0) is 13.9. The van der Waals surface area contributed by atoms with Gasteiger partial charge in [0.15, 0.2) is 0 Å². The summed E-state index contributed by atoms with van der Waals surface area (Å²) in [5.74, 6) is 0.651. The molecule has 0 radical (unpaired) electrons. The molecule has 0 aromatic rings. The van der Waals surface area contributed by atoms with Crippen LogP contribution >= 0.6 is 0 Å². The number of carbonyl (C=O) groups is 1. The number of piperidine rings is 1. The van der Waals surface area contributed by atoms with E-state index in [2.05, 4.69) is 24.1 Å². The van der Waals surface area contributed by atoms with E-state index in [0.29, 0.717) is 18.6 Å². The second-order valence-corrected chi connectivity index (χ2v) is 6.42. The van der Waals surface area contributed by atoms with Crippen LogP contribution in [0.15, 0.2) is 0 Å². The fourth-order valence-corrected chi connectivity index (χ4v) is 2.93. The largest absolute Gasteiger partial charge is 0.465 e. The van der Waals surface area contributed by atoms with Crippen LogP contribution in [0.3, 0.4) is 0 Å². The van der Waals surface area contributed by atoms with E-state index in [1.807, 2.05) is 6.92 Å². The first-order valence-corrected chi connectivity index (χ1v) is 7.73. The summed E-state index contributed by atoms with van der Waals surface area (Å²) in [6.45, 7) is 9.97. The molecule has 1 aliphatic heterocycles. The lowest BCUT2D eigenvalue weighted by atomic mass is 9.87. The highest BCUT2D eigenvalue weighted by molar-refractivity contribution is 5.81. The molecule has 4 nitrogen and oxygen atoms in total. The maximum atomic E-state index is 12.3. The average Bonchev–Trinajstić information content (AvgIpc) is 3.15. The number of nitrogens with one attached hydrogen (secondary N) is 1. The molecule has 110 valence electrons. The summed E-state index contributed by atoms with van der Waals surface area (Å²) in [5, 5.41) is 3.56. The minimum Gasteiger partial charge on any atom is -0.465 e. The zero-order valence-corrected chi connectivity index (χ0v) is 12.6. The van der Waals surface area contributed by atoms with Crippen molar-refractivity contribution in [1.29, 1.82) is 0 Å². The lowest BCUT2D eigenvalue weighted by Gasteiger charge is -2.41. The Balaban J connectivity index is 1.94. The summed E-state index contributed by atoms with van der Waals surface area (Å²) in [6.07, 6.45) is 4.18. The van der Waals surface area contributed by atoms with E-state index >= 15 is 0 Å². The van der Waals surface area contributed by atoms with Crippen molar-refractivity contribution in [2.75, 3.05) is 26.2 Å². The Hall–Kier alpha value is -0.610. The molecule has 1 heterocycles. The van der Waals surface area contributed by atoms with Gasteiger partial charge in [-0.1, -0.05) is 13.8 Å². The highest BCUT2D eigenvalue weighted by Gasteiger charge is 2.45. The molecule has 2 aliphatic rings. The smallest absolute Gasteiger partial charge is 0.326 e. The van der Waals surface area contributed by atoms with E-state index < -0.39 is 5.54 Å². The van der Waals surface area contributed by atoms with Crippen molar-refractivity contribution in [3.05, 3.63) is 0 Å². The van der Waals surface area contributed by atoms with Crippen LogP contribution in [0.4, 0.5) is 0 Å². The van der Waals surface area contributed by atoms with Crippen LogP contribution in [0.5, 0.6) is 0 Å². The third kappa shape index (κ3) is 3.93. The van der Waals surface area contributed by atoms with Crippen molar-refractivity contribution in [3.8, 4) is 0 Å². The maximum Gasteiger partial charge on any atom is 0.326 e. The van der Waals surface area contributed by atoms with Crippen LogP contribution in [-0.4, -0.2) is 48.7 Å². The normalized spacial score (nSPS) is 23.6. The number of esters is 1. The third-order valence-electron chi connectivity index (χ3n) is 4.06. The molecule has 0 unspecified atom stereocenters. The summed E-state index contributed by atoms with van der Waals surface area (Å²) in [7, 11) is 0. The van der Waals surface area contributed by atoms with Gasteiger partial charge in [-0.05, 0) is 38.5 Å². The molecule has 0 amide bonds. The molecular formula is C15H28N2O2. The Kier molecular flexibility index (Phi) is 4.85. The standard InChI is InChI=1S/C15H28N2O2/c1-4-19-14(18)15(16-13-5-6-13)7-9-17(10-8-15)11-12(2)3/h12-13,16H,4-11H2,1-3H3. The Bertz CT molecular complexity index is 305. The fourth-order valence-electron chi connectivity index (χ4n) is 2.93. The number of hydrogen-bond donors (Lipinski definition) is 1. The van der Waals surface area contributed by atoms with Gasteiger partial charge in [0.2, 0.25) is 0 Å². The van der Waals surface area contributed by atoms with Crippen LogP contribution in [0.1, 0.15) is 46.5 Å². The highest BCUT2D eigenvalue weighted by atomic mass is 16.5. The highest BCUT2D eigenvalue weighted by Crippen LogP contribution is 2.30. The van der Waals surface area contributed by atoms with Gasteiger partial charge in [-0.3, -0.25) is 10.1 Å². The van der Waals surface area contributed by atoms with Gasteiger partial charge in [-0.2, -0.15) is 0 Å². The van der Waals surface area contributed by atoms with Crippen molar-refractivity contribution >= 4 is 5.97 Å². The van der Waals surface area contributed by atoms with E-state index in [0.717, 1.165) is 32.5 Å². The predicted molar refractivity (Wildman–Crippen MR) is 76.0 cm³/mol. The van der Waals surface area contributed by atoms with Crippen LogP contribution < -0.4 is 5.32 Å². The minimum absolute atomic E-state index is 0.0360. The minimum atomic E-state index is -0.412. The van der Waals surface area contributed by atoms with Crippen molar-refractivity contribution in [2.24, 2.45) is 5.92 Å². The Morgan fingerprint density at radius 3 is 2.47 bits per heavy atom. The molecule has 1 aliphatic carbocycles. The van der Waals surface area contributed by atoms with Gasteiger partial charge in [0, 0.05) is 25.7 Å². The molecule has 0 aromatic carbocycles. The van der Waals surface area contributed by atoms with Crippen LogP contribution in [0.25, 0.3) is 0 Å². The number of ether oxygens (including phenoxy) is 1. The van der Waals surface area contributed by atoms with Gasteiger partial charge in [0.1, 0.15) is 5.54 Å². The molecule has 1 saturated carbocycles. The van der Waals surface area contributed by atoms with Crippen molar-refractivity contribution < 1.29 is 9.53 Å². The van der Waals surface area contributed by atoms with Crippen LogP contribution in [0, 0.1) is 5.92 Å². The summed E-state index contributed by atoms with van der Waals surface area (Å²) in [5.41, 5.74) is -0.412. The third-order valence-corrected chi connectivity index (χ3v) is 4.06. The van der Waals surface area contributed by atoms with Crippen molar-refractivity contribution in [1.82, 2.24) is 10.2 Å². The van der Waals surface area contributed by atoms with E-state index in [1.54, 1.807) is 0 Å². The maximum absolute atomic E-state index is 12.3. The summed E-state index contributed by atoms with van der Waals surface area (Å²) in [4.78, 5) is 14.8. The molecule has 0 bridgehead atoms. The first-order chi connectivity index (χ1) is 9.05. The lowest BCUT2D eigenvalue weighted by Crippen LogP contribution is -2.60. The first-order valence-electron chi connectivity index (χ1n) is 7.73. The van der Waals surface area contributed by atoms with E-state index in [1.165, 1.54) is 12.8 Å². The van der Waals surface area contributed by atoms with Gasteiger partial charge in [0.05, 0.1) is 6.61 Å². The first kappa shape index (κ1) is 14.8. The second kappa shape index (κ2) is 6.23. The fraction of sp³-hybridized carbons (Fsp3) is 0.933. The SMILES string of the molecule is CCOC(=O)C1(NC2CC2)CCN(CC(C)C)CC1. The predicted octanol–water partition coefficient (Wildman–Crippen LogP) is 1.79. The van der Waals surface area contributed by atoms with Gasteiger partial charge in [-0.25, -0.2) is 0 Å². The number of carbonyl (C=O) groups excluding carboxylic acids is 1. The Labute approximate surface area is 116 Å². The van der Waals surface area contributed by atoms with E-state index in [4.69, 9.17) is 4.74 Å². The number of likely N-dealkylation sites (tertiary alicyclic amines) is 1. The molecule has 2 fully saturated rings. The second-order valence-electron chi connectivity index (χ2n) is 6.42. The van der Waals surface area contributed by atoms with Crippen molar-refractivity contribution in [3.63, 3.8) is 0 Å². The number of rotatable bonds is 6. The van der Waals surface area contributed by atoms with E-state index in [-0.39, 0.29) is 5.97 Å². The molecule has 1 N–H and O–H groups in total. The van der Waals surface area contributed by atoms with Crippen molar-refractivity contribution in [2.45, 2.75) is 58.0 Å². The average molecular weight is 268 g/mol. The molecule has 19 heavy (non-hydrogen) atoms. The van der Waals surface area contributed by atoms with Crippen LogP contribution in [-0.2, 0) is 9.53 Å². The summed E-state index contributed by atoms with van der Waals surface area (Å²) in [6, 6.07) is 0.543.